The summed E-state index contributed by atoms with van der Waals surface area (Å²) in [6.07, 6.45) is 3.07. The first-order chi connectivity index (χ1) is 7.83. The van der Waals surface area contributed by atoms with Crippen LogP contribution in [0.15, 0.2) is 35.5 Å². The van der Waals surface area contributed by atoms with E-state index in [-0.39, 0.29) is 5.56 Å². The SMILES string of the molecule is O=c1cccc(-c2nc3ncncc3[nH]2)[nH]1. The second-order valence-corrected chi connectivity index (χ2v) is 3.27. The average Bonchev–Trinajstić information content (AvgIpc) is 2.72. The number of aromatic amines is 2. The van der Waals surface area contributed by atoms with Gasteiger partial charge >= 0.3 is 0 Å². The highest BCUT2D eigenvalue weighted by Crippen LogP contribution is 2.14. The molecule has 0 amide bonds. The standard InChI is InChI=1S/C10H7N5O/c16-8-3-1-2-6(13-8)10-14-7-4-11-5-12-9(7)15-10/h1-5H,(H,13,16)(H,11,12,14,15). The maximum atomic E-state index is 11.2. The Kier molecular flexibility index (Phi) is 1.79. The van der Waals surface area contributed by atoms with Crippen LogP contribution >= 0.6 is 0 Å². The monoisotopic (exact) mass is 213 g/mol. The number of H-pyrrole nitrogens is 2. The highest BCUT2D eigenvalue weighted by molar-refractivity contribution is 5.73. The van der Waals surface area contributed by atoms with Gasteiger partial charge in [-0.25, -0.2) is 15.0 Å². The molecule has 0 bridgehead atoms. The number of rotatable bonds is 1. The molecule has 6 nitrogen and oxygen atoms in total. The van der Waals surface area contributed by atoms with Crippen LogP contribution in [0.25, 0.3) is 22.7 Å². The summed E-state index contributed by atoms with van der Waals surface area (Å²) < 4.78 is 0. The Labute approximate surface area is 89.4 Å². The Balaban J connectivity index is 2.23. The van der Waals surface area contributed by atoms with Crippen molar-refractivity contribution < 1.29 is 0 Å². The lowest BCUT2D eigenvalue weighted by atomic mass is 10.3. The average molecular weight is 213 g/mol. The zero-order valence-corrected chi connectivity index (χ0v) is 8.14. The van der Waals surface area contributed by atoms with Crippen LogP contribution in [0.4, 0.5) is 0 Å². The van der Waals surface area contributed by atoms with E-state index < -0.39 is 0 Å². The maximum Gasteiger partial charge on any atom is 0.248 e. The first kappa shape index (κ1) is 8.78. The van der Waals surface area contributed by atoms with Gasteiger partial charge in [-0.15, -0.1) is 0 Å². The van der Waals surface area contributed by atoms with Gasteiger partial charge in [0.05, 0.1) is 11.9 Å². The minimum Gasteiger partial charge on any atom is -0.334 e. The van der Waals surface area contributed by atoms with Gasteiger partial charge in [-0.05, 0) is 6.07 Å². The normalized spacial score (nSPS) is 10.8. The van der Waals surface area contributed by atoms with Gasteiger partial charge in [-0.1, -0.05) is 6.07 Å². The Hall–Kier alpha value is -2.50. The third-order valence-corrected chi connectivity index (χ3v) is 2.19. The summed E-state index contributed by atoms with van der Waals surface area (Å²) in [6.45, 7) is 0. The lowest BCUT2D eigenvalue weighted by Crippen LogP contribution is -2.03. The number of nitrogens with zero attached hydrogens (tertiary/aromatic N) is 3. The largest absolute Gasteiger partial charge is 0.334 e. The molecule has 3 heterocycles. The van der Waals surface area contributed by atoms with Gasteiger partial charge in [0.1, 0.15) is 11.8 Å². The number of nitrogens with one attached hydrogen (secondary N) is 2. The number of imidazole rings is 1. The molecule has 0 saturated carbocycles. The van der Waals surface area contributed by atoms with Crippen LogP contribution in [0.3, 0.4) is 0 Å². The van der Waals surface area contributed by atoms with Gasteiger partial charge in [0.2, 0.25) is 5.56 Å². The first-order valence-electron chi connectivity index (χ1n) is 4.68. The second kappa shape index (κ2) is 3.27. The van der Waals surface area contributed by atoms with Crippen molar-refractivity contribution >= 4 is 11.2 Å². The van der Waals surface area contributed by atoms with Crippen molar-refractivity contribution in [2.45, 2.75) is 0 Å². The first-order valence-corrected chi connectivity index (χ1v) is 4.68. The molecule has 3 aromatic heterocycles. The molecule has 0 radical (unpaired) electrons. The molecule has 16 heavy (non-hydrogen) atoms. The molecular weight excluding hydrogens is 206 g/mol. The van der Waals surface area contributed by atoms with Crippen molar-refractivity contribution in [1.82, 2.24) is 24.9 Å². The van der Waals surface area contributed by atoms with E-state index in [1.165, 1.54) is 12.4 Å². The van der Waals surface area contributed by atoms with E-state index in [4.69, 9.17) is 0 Å². The molecule has 3 rings (SSSR count). The highest BCUT2D eigenvalue weighted by atomic mass is 16.1. The molecule has 6 heteroatoms. The van der Waals surface area contributed by atoms with Crippen LogP contribution in [0.1, 0.15) is 0 Å². The minimum absolute atomic E-state index is 0.163. The molecule has 2 N–H and O–H groups in total. The maximum absolute atomic E-state index is 11.2. The zero-order chi connectivity index (χ0) is 11.0. The molecule has 0 atom stereocenters. The van der Waals surface area contributed by atoms with Crippen molar-refractivity contribution in [2.75, 3.05) is 0 Å². The summed E-state index contributed by atoms with van der Waals surface area (Å²) in [5.41, 5.74) is 1.78. The third-order valence-electron chi connectivity index (χ3n) is 2.19. The van der Waals surface area contributed by atoms with E-state index in [0.29, 0.717) is 17.2 Å². The number of hydrogen-bond donors (Lipinski definition) is 2. The van der Waals surface area contributed by atoms with Gasteiger partial charge in [0.15, 0.2) is 11.5 Å². The van der Waals surface area contributed by atoms with Gasteiger partial charge in [0.25, 0.3) is 0 Å². The fourth-order valence-electron chi connectivity index (χ4n) is 1.48. The van der Waals surface area contributed by atoms with E-state index in [9.17, 15) is 4.79 Å². The molecule has 0 aliphatic carbocycles. The lowest BCUT2D eigenvalue weighted by molar-refractivity contribution is 1.18. The summed E-state index contributed by atoms with van der Waals surface area (Å²) in [5, 5.41) is 0. The van der Waals surface area contributed by atoms with E-state index >= 15 is 0 Å². The van der Waals surface area contributed by atoms with E-state index in [1.807, 2.05) is 0 Å². The fraction of sp³-hybridized carbons (Fsp3) is 0. The van der Waals surface area contributed by atoms with E-state index in [0.717, 1.165) is 5.52 Å². The molecule has 0 aliphatic heterocycles. The number of hydrogen-bond acceptors (Lipinski definition) is 4. The van der Waals surface area contributed by atoms with Crippen LogP contribution in [0, 0.1) is 0 Å². The topological polar surface area (TPSA) is 87.3 Å². The van der Waals surface area contributed by atoms with E-state index in [2.05, 4.69) is 24.9 Å². The molecule has 0 fully saturated rings. The molecule has 0 saturated heterocycles. The summed E-state index contributed by atoms with van der Waals surface area (Å²) in [4.78, 5) is 29.0. The van der Waals surface area contributed by atoms with Crippen LogP contribution in [-0.2, 0) is 0 Å². The summed E-state index contributed by atoms with van der Waals surface area (Å²) >= 11 is 0. The van der Waals surface area contributed by atoms with Crippen molar-refractivity contribution in [3.63, 3.8) is 0 Å². The smallest absolute Gasteiger partial charge is 0.248 e. The van der Waals surface area contributed by atoms with Crippen LogP contribution in [0.5, 0.6) is 0 Å². The number of fused-ring (bicyclic) bond motifs is 1. The van der Waals surface area contributed by atoms with Crippen molar-refractivity contribution in [1.29, 1.82) is 0 Å². The van der Waals surface area contributed by atoms with Crippen molar-refractivity contribution in [3.8, 4) is 11.5 Å². The Bertz CT molecular complexity index is 666. The minimum atomic E-state index is -0.163. The summed E-state index contributed by atoms with van der Waals surface area (Å²) in [7, 11) is 0. The van der Waals surface area contributed by atoms with Crippen molar-refractivity contribution in [2.24, 2.45) is 0 Å². The molecular formula is C10H7N5O. The molecule has 0 unspecified atom stereocenters. The molecule has 78 valence electrons. The molecule has 3 aromatic rings. The molecule has 0 spiro atoms. The third kappa shape index (κ3) is 1.36. The Morgan fingerprint density at radius 1 is 1.19 bits per heavy atom. The van der Waals surface area contributed by atoms with Crippen LogP contribution < -0.4 is 5.56 Å². The lowest BCUT2D eigenvalue weighted by Gasteiger charge is -1.93. The number of aromatic nitrogens is 5. The summed E-state index contributed by atoms with van der Waals surface area (Å²) in [5.74, 6) is 0.577. The van der Waals surface area contributed by atoms with E-state index in [1.54, 1.807) is 18.3 Å². The van der Waals surface area contributed by atoms with Gasteiger partial charge < -0.3 is 9.97 Å². The molecule has 0 aliphatic rings. The predicted molar refractivity (Wildman–Crippen MR) is 57.7 cm³/mol. The summed E-state index contributed by atoms with van der Waals surface area (Å²) in [6, 6.07) is 4.89. The van der Waals surface area contributed by atoms with Gasteiger partial charge in [0, 0.05) is 6.07 Å². The predicted octanol–water partition coefficient (Wildman–Crippen LogP) is 0.708. The Morgan fingerprint density at radius 3 is 2.94 bits per heavy atom. The zero-order valence-electron chi connectivity index (χ0n) is 8.14. The van der Waals surface area contributed by atoms with Crippen LogP contribution in [-0.4, -0.2) is 24.9 Å². The van der Waals surface area contributed by atoms with Gasteiger partial charge in [-0.3, -0.25) is 4.79 Å². The number of pyridine rings is 1. The second-order valence-electron chi connectivity index (χ2n) is 3.27. The Morgan fingerprint density at radius 2 is 2.12 bits per heavy atom. The van der Waals surface area contributed by atoms with Crippen LogP contribution in [0.2, 0.25) is 0 Å². The van der Waals surface area contributed by atoms with Gasteiger partial charge in [-0.2, -0.15) is 0 Å². The van der Waals surface area contributed by atoms with Crippen molar-refractivity contribution in [3.05, 3.63) is 41.1 Å². The fourth-order valence-corrected chi connectivity index (χ4v) is 1.48. The quantitative estimate of drug-likeness (QED) is 0.623. The molecule has 0 aromatic carbocycles. The highest BCUT2D eigenvalue weighted by Gasteiger charge is 2.05.